The molecule has 0 heterocycles. The summed E-state index contributed by atoms with van der Waals surface area (Å²) in [6, 6.07) is 0. The molecule has 0 aromatic heterocycles. The summed E-state index contributed by atoms with van der Waals surface area (Å²) in [7, 11) is 0.822. The molecule has 0 N–H and O–H groups in total. The molecule has 0 amide bonds. The molecule has 0 fully saturated rings. The summed E-state index contributed by atoms with van der Waals surface area (Å²) in [6.45, 7) is 5.80. The van der Waals surface area contributed by atoms with E-state index in [1.165, 1.54) is 6.42 Å². The van der Waals surface area contributed by atoms with Crippen LogP contribution in [0, 0.1) is 0 Å². The SMILES string of the molecule is CCCC(C)OCCO[SiH3]. The van der Waals surface area contributed by atoms with Gasteiger partial charge in [0.1, 0.15) is 10.5 Å². The van der Waals surface area contributed by atoms with Gasteiger partial charge in [-0.25, -0.2) is 0 Å². The monoisotopic (exact) mass is 162 g/mol. The van der Waals surface area contributed by atoms with Gasteiger partial charge in [-0.3, -0.25) is 0 Å². The molecule has 2 nitrogen and oxygen atoms in total. The standard InChI is InChI=1S/C7H18O2Si/c1-3-4-7(2)8-5-6-9-10/h7H,3-6H2,1-2,10H3. The highest BCUT2D eigenvalue weighted by atomic mass is 28.2. The van der Waals surface area contributed by atoms with Gasteiger partial charge in [0.15, 0.2) is 0 Å². The lowest BCUT2D eigenvalue weighted by atomic mass is 10.2. The Morgan fingerprint density at radius 1 is 1.40 bits per heavy atom. The van der Waals surface area contributed by atoms with E-state index in [4.69, 9.17) is 9.16 Å². The second-order valence-corrected chi connectivity index (χ2v) is 3.04. The van der Waals surface area contributed by atoms with E-state index in [0.717, 1.165) is 30.1 Å². The van der Waals surface area contributed by atoms with Crippen molar-refractivity contribution in [1.82, 2.24) is 0 Å². The zero-order valence-corrected chi connectivity index (χ0v) is 9.22. The normalized spacial score (nSPS) is 13.8. The fourth-order valence-electron chi connectivity index (χ4n) is 0.822. The highest BCUT2D eigenvalue weighted by Crippen LogP contribution is 1.99. The Morgan fingerprint density at radius 3 is 2.60 bits per heavy atom. The van der Waals surface area contributed by atoms with E-state index >= 15 is 0 Å². The third-order valence-electron chi connectivity index (χ3n) is 1.39. The van der Waals surface area contributed by atoms with Crippen molar-refractivity contribution < 1.29 is 9.16 Å². The predicted octanol–water partition coefficient (Wildman–Crippen LogP) is 0.489. The van der Waals surface area contributed by atoms with E-state index < -0.39 is 0 Å². The Hall–Kier alpha value is 0.137. The molecule has 0 spiro atoms. The van der Waals surface area contributed by atoms with Gasteiger partial charge in [-0.05, 0) is 13.3 Å². The van der Waals surface area contributed by atoms with E-state index in [9.17, 15) is 0 Å². The predicted molar refractivity (Wildman–Crippen MR) is 46.2 cm³/mol. The van der Waals surface area contributed by atoms with Crippen molar-refractivity contribution in [3.8, 4) is 0 Å². The summed E-state index contributed by atoms with van der Waals surface area (Å²) in [6.07, 6.45) is 2.76. The van der Waals surface area contributed by atoms with Crippen molar-refractivity contribution in [2.24, 2.45) is 0 Å². The van der Waals surface area contributed by atoms with Gasteiger partial charge in [0.2, 0.25) is 0 Å². The number of rotatable bonds is 6. The molecule has 62 valence electrons. The van der Waals surface area contributed by atoms with Crippen molar-refractivity contribution in [3.63, 3.8) is 0 Å². The van der Waals surface area contributed by atoms with Crippen LogP contribution in [0.25, 0.3) is 0 Å². The van der Waals surface area contributed by atoms with Crippen LogP contribution in [0.2, 0.25) is 0 Å². The van der Waals surface area contributed by atoms with Gasteiger partial charge in [0.05, 0.1) is 19.3 Å². The molecule has 0 radical (unpaired) electrons. The topological polar surface area (TPSA) is 18.5 Å². The molecule has 10 heavy (non-hydrogen) atoms. The molecule has 0 aromatic rings. The van der Waals surface area contributed by atoms with E-state index in [1.807, 2.05) is 0 Å². The van der Waals surface area contributed by atoms with E-state index in [2.05, 4.69) is 13.8 Å². The first kappa shape index (κ1) is 10.1. The second-order valence-electron chi connectivity index (χ2n) is 2.46. The van der Waals surface area contributed by atoms with Crippen LogP contribution < -0.4 is 0 Å². The van der Waals surface area contributed by atoms with Gasteiger partial charge in [-0.15, -0.1) is 0 Å². The Kier molecular flexibility index (Phi) is 7.35. The molecule has 0 bridgehead atoms. The zero-order valence-electron chi connectivity index (χ0n) is 7.22. The number of ether oxygens (including phenoxy) is 1. The average molecular weight is 162 g/mol. The summed E-state index contributed by atoms with van der Waals surface area (Å²) in [5, 5.41) is 0. The summed E-state index contributed by atoms with van der Waals surface area (Å²) in [4.78, 5) is 0. The minimum atomic E-state index is 0.404. The van der Waals surface area contributed by atoms with Gasteiger partial charge >= 0.3 is 0 Å². The first-order valence-corrected chi connectivity index (χ1v) is 4.73. The van der Waals surface area contributed by atoms with Crippen LogP contribution in [-0.2, 0) is 9.16 Å². The molecule has 0 aliphatic rings. The highest BCUT2D eigenvalue weighted by molar-refractivity contribution is 5.97. The zero-order chi connectivity index (χ0) is 7.82. The number of hydrogen-bond donors (Lipinski definition) is 0. The molecule has 0 saturated heterocycles. The minimum absolute atomic E-state index is 0.404. The first-order chi connectivity index (χ1) is 4.81. The summed E-state index contributed by atoms with van der Waals surface area (Å²) >= 11 is 0. The Balaban J connectivity index is 2.97. The lowest BCUT2D eigenvalue weighted by Gasteiger charge is -2.10. The van der Waals surface area contributed by atoms with Crippen LogP contribution in [-0.4, -0.2) is 29.8 Å². The second kappa shape index (κ2) is 7.25. The van der Waals surface area contributed by atoms with E-state index in [-0.39, 0.29) is 0 Å². The quantitative estimate of drug-likeness (QED) is 0.418. The third kappa shape index (κ3) is 6.26. The van der Waals surface area contributed by atoms with Crippen LogP contribution in [0.4, 0.5) is 0 Å². The molecule has 0 aliphatic heterocycles. The van der Waals surface area contributed by atoms with Crippen molar-refractivity contribution in [2.45, 2.75) is 32.8 Å². The average Bonchev–Trinajstić information content (AvgIpc) is 1.89. The van der Waals surface area contributed by atoms with Gasteiger partial charge in [0.25, 0.3) is 0 Å². The molecule has 0 aliphatic carbocycles. The Bertz CT molecular complexity index is 68.6. The van der Waals surface area contributed by atoms with Crippen LogP contribution in [0.15, 0.2) is 0 Å². The summed E-state index contributed by atoms with van der Waals surface area (Å²) in [5.41, 5.74) is 0. The molecule has 1 atom stereocenters. The maximum absolute atomic E-state index is 5.42. The van der Waals surface area contributed by atoms with Gasteiger partial charge in [0, 0.05) is 0 Å². The smallest absolute Gasteiger partial charge is 0.146 e. The van der Waals surface area contributed by atoms with Crippen LogP contribution in [0.1, 0.15) is 26.7 Å². The fourth-order valence-corrected chi connectivity index (χ4v) is 0.989. The van der Waals surface area contributed by atoms with Crippen molar-refractivity contribution in [2.75, 3.05) is 13.2 Å². The van der Waals surface area contributed by atoms with Gasteiger partial charge in [-0.2, -0.15) is 0 Å². The summed E-state index contributed by atoms with van der Waals surface area (Å²) in [5.74, 6) is 0. The van der Waals surface area contributed by atoms with E-state index in [0.29, 0.717) is 6.10 Å². The largest absolute Gasteiger partial charge is 0.426 e. The van der Waals surface area contributed by atoms with Crippen LogP contribution in [0.5, 0.6) is 0 Å². The maximum atomic E-state index is 5.42. The molecule has 1 unspecified atom stereocenters. The minimum Gasteiger partial charge on any atom is -0.426 e. The lowest BCUT2D eigenvalue weighted by Crippen LogP contribution is -2.11. The number of hydrogen-bond acceptors (Lipinski definition) is 2. The van der Waals surface area contributed by atoms with Gasteiger partial charge in [-0.1, -0.05) is 13.3 Å². The van der Waals surface area contributed by atoms with Gasteiger partial charge < -0.3 is 9.16 Å². The highest BCUT2D eigenvalue weighted by Gasteiger charge is 1.97. The molecule has 0 saturated carbocycles. The first-order valence-electron chi connectivity index (χ1n) is 3.91. The molecular formula is C7H18O2Si. The van der Waals surface area contributed by atoms with E-state index in [1.54, 1.807) is 0 Å². The third-order valence-corrected chi connectivity index (χ3v) is 1.79. The fraction of sp³-hybridized carbons (Fsp3) is 1.00. The molecule has 0 aromatic carbocycles. The molecular weight excluding hydrogens is 144 g/mol. The maximum Gasteiger partial charge on any atom is 0.146 e. The summed E-state index contributed by atoms with van der Waals surface area (Å²) < 4.78 is 10.4. The lowest BCUT2D eigenvalue weighted by molar-refractivity contribution is 0.0411. The van der Waals surface area contributed by atoms with Crippen molar-refractivity contribution in [3.05, 3.63) is 0 Å². The Labute approximate surface area is 66.5 Å². The molecule has 0 rings (SSSR count). The van der Waals surface area contributed by atoms with Crippen molar-refractivity contribution >= 4 is 10.5 Å². The van der Waals surface area contributed by atoms with Crippen LogP contribution >= 0.6 is 0 Å². The van der Waals surface area contributed by atoms with Crippen molar-refractivity contribution in [1.29, 1.82) is 0 Å². The molecule has 3 heteroatoms. The Morgan fingerprint density at radius 2 is 2.10 bits per heavy atom. The van der Waals surface area contributed by atoms with Crippen LogP contribution in [0.3, 0.4) is 0 Å².